The van der Waals surface area contributed by atoms with E-state index < -0.39 is 0 Å². The molecule has 0 saturated heterocycles. The first-order valence-electron chi connectivity index (χ1n) is 8.77. The summed E-state index contributed by atoms with van der Waals surface area (Å²) in [5.74, 6) is 0.758. The summed E-state index contributed by atoms with van der Waals surface area (Å²) >= 11 is 0. The maximum atomic E-state index is 12.0. The maximum absolute atomic E-state index is 12.0. The summed E-state index contributed by atoms with van der Waals surface area (Å²) in [7, 11) is 1.63. The Morgan fingerprint density at radius 1 is 0.962 bits per heavy atom. The van der Waals surface area contributed by atoms with Crippen LogP contribution < -0.4 is 15.4 Å². The molecule has 0 spiro atoms. The Hall–Kier alpha value is -2.82. The minimum atomic E-state index is -0.0559. The molecule has 2 amide bonds. The van der Waals surface area contributed by atoms with Gasteiger partial charge in [-0.15, -0.1) is 0 Å². The number of aryl methyl sites for hydroxylation is 1. The van der Waals surface area contributed by atoms with Gasteiger partial charge in [0.1, 0.15) is 5.75 Å². The van der Waals surface area contributed by atoms with Crippen molar-refractivity contribution in [2.24, 2.45) is 5.92 Å². The molecule has 0 atom stereocenters. The van der Waals surface area contributed by atoms with Crippen molar-refractivity contribution in [1.29, 1.82) is 0 Å². The lowest BCUT2D eigenvalue weighted by Crippen LogP contribution is -2.23. The summed E-state index contributed by atoms with van der Waals surface area (Å²) in [6.45, 7) is 4.18. The molecule has 0 unspecified atom stereocenters. The summed E-state index contributed by atoms with van der Waals surface area (Å²) in [5, 5.41) is 5.76. The van der Waals surface area contributed by atoms with Gasteiger partial charge in [-0.05, 0) is 41.8 Å². The average molecular weight is 354 g/mol. The fourth-order valence-electron chi connectivity index (χ4n) is 2.33. The molecule has 0 bridgehead atoms. The predicted molar refractivity (Wildman–Crippen MR) is 103 cm³/mol. The number of carbonyl (C=O) groups is 2. The smallest absolute Gasteiger partial charge is 0.226 e. The lowest BCUT2D eigenvalue weighted by Gasteiger charge is -2.09. The van der Waals surface area contributed by atoms with E-state index in [0.717, 1.165) is 22.6 Å². The molecule has 0 aliphatic heterocycles. The number of nitrogens with one attached hydrogen (secondary N) is 2. The van der Waals surface area contributed by atoms with Gasteiger partial charge in [0, 0.05) is 24.6 Å². The monoisotopic (exact) mass is 354 g/mol. The second-order valence-electron chi connectivity index (χ2n) is 6.47. The van der Waals surface area contributed by atoms with Crippen LogP contribution in [0.25, 0.3) is 0 Å². The van der Waals surface area contributed by atoms with Crippen LogP contribution in [0.15, 0.2) is 48.5 Å². The van der Waals surface area contributed by atoms with E-state index in [9.17, 15) is 9.59 Å². The van der Waals surface area contributed by atoms with E-state index in [0.29, 0.717) is 19.4 Å². The highest BCUT2D eigenvalue weighted by Gasteiger charge is 2.07. The number of methoxy groups -OCH3 is 1. The topological polar surface area (TPSA) is 67.4 Å². The number of anilines is 1. The van der Waals surface area contributed by atoms with Crippen molar-refractivity contribution in [1.82, 2.24) is 5.32 Å². The fraction of sp³-hybridized carbons (Fsp3) is 0.333. The molecule has 0 aromatic heterocycles. The second-order valence-corrected chi connectivity index (χ2v) is 6.47. The molecular formula is C21H26N2O3. The molecule has 0 radical (unpaired) electrons. The molecule has 2 aromatic rings. The molecule has 2 N–H and O–H groups in total. The van der Waals surface area contributed by atoms with E-state index >= 15 is 0 Å². The van der Waals surface area contributed by atoms with Crippen molar-refractivity contribution < 1.29 is 14.3 Å². The van der Waals surface area contributed by atoms with E-state index in [-0.39, 0.29) is 17.7 Å². The van der Waals surface area contributed by atoms with Gasteiger partial charge >= 0.3 is 0 Å². The van der Waals surface area contributed by atoms with Gasteiger partial charge in [-0.25, -0.2) is 0 Å². The van der Waals surface area contributed by atoms with Crippen LogP contribution in [0.1, 0.15) is 31.4 Å². The van der Waals surface area contributed by atoms with E-state index in [1.807, 2.05) is 62.4 Å². The van der Waals surface area contributed by atoms with E-state index in [1.54, 1.807) is 7.11 Å². The number of hydrogen-bond acceptors (Lipinski definition) is 3. The zero-order valence-electron chi connectivity index (χ0n) is 15.5. The largest absolute Gasteiger partial charge is 0.497 e. The normalized spacial score (nSPS) is 10.5. The standard InChI is InChI=1S/C21H26N2O3/c1-15(2)21(25)23-18-9-4-17(5-10-18)14-22-20(24)13-8-16-6-11-19(26-3)12-7-16/h4-7,9-12,15H,8,13-14H2,1-3H3,(H,22,24)(H,23,25). The average Bonchev–Trinajstić information content (AvgIpc) is 2.66. The van der Waals surface area contributed by atoms with Crippen molar-refractivity contribution in [2.75, 3.05) is 12.4 Å². The van der Waals surface area contributed by atoms with Gasteiger partial charge < -0.3 is 15.4 Å². The molecular weight excluding hydrogens is 328 g/mol. The van der Waals surface area contributed by atoms with Crippen LogP contribution in [0.2, 0.25) is 0 Å². The number of hydrogen-bond donors (Lipinski definition) is 2. The highest BCUT2D eigenvalue weighted by molar-refractivity contribution is 5.92. The highest BCUT2D eigenvalue weighted by Crippen LogP contribution is 2.13. The first-order valence-corrected chi connectivity index (χ1v) is 8.77. The van der Waals surface area contributed by atoms with Crippen LogP contribution in [0, 0.1) is 5.92 Å². The van der Waals surface area contributed by atoms with Gasteiger partial charge in [0.25, 0.3) is 0 Å². The maximum Gasteiger partial charge on any atom is 0.226 e. The summed E-state index contributed by atoms with van der Waals surface area (Å²) in [6.07, 6.45) is 1.13. The van der Waals surface area contributed by atoms with Crippen molar-refractivity contribution in [2.45, 2.75) is 33.2 Å². The molecule has 0 aliphatic carbocycles. The number of ether oxygens (including phenoxy) is 1. The lowest BCUT2D eigenvalue weighted by molar-refractivity contribution is -0.121. The van der Waals surface area contributed by atoms with Gasteiger partial charge in [-0.2, -0.15) is 0 Å². The van der Waals surface area contributed by atoms with Crippen LogP contribution in [0.4, 0.5) is 5.69 Å². The zero-order chi connectivity index (χ0) is 18.9. The Kier molecular flexibility index (Phi) is 7.21. The van der Waals surface area contributed by atoms with Gasteiger partial charge in [0.15, 0.2) is 0 Å². The Labute approximate surface area is 154 Å². The fourth-order valence-corrected chi connectivity index (χ4v) is 2.33. The summed E-state index contributed by atoms with van der Waals surface area (Å²) in [6, 6.07) is 15.2. The predicted octanol–water partition coefficient (Wildman–Crippen LogP) is 3.54. The van der Waals surface area contributed by atoms with Crippen LogP contribution in [-0.4, -0.2) is 18.9 Å². The molecule has 26 heavy (non-hydrogen) atoms. The molecule has 0 fully saturated rings. The Bertz CT molecular complexity index is 722. The minimum Gasteiger partial charge on any atom is -0.497 e. The molecule has 138 valence electrons. The lowest BCUT2D eigenvalue weighted by atomic mass is 10.1. The van der Waals surface area contributed by atoms with E-state index in [1.165, 1.54) is 0 Å². The minimum absolute atomic E-state index is 0.00964. The van der Waals surface area contributed by atoms with Gasteiger partial charge in [0.05, 0.1) is 7.11 Å². The third-order valence-corrected chi connectivity index (χ3v) is 4.04. The number of benzene rings is 2. The number of rotatable bonds is 8. The van der Waals surface area contributed by atoms with Crippen molar-refractivity contribution in [3.63, 3.8) is 0 Å². The first kappa shape index (κ1) is 19.5. The highest BCUT2D eigenvalue weighted by atomic mass is 16.5. The zero-order valence-corrected chi connectivity index (χ0v) is 15.5. The van der Waals surface area contributed by atoms with E-state index in [2.05, 4.69) is 10.6 Å². The SMILES string of the molecule is COc1ccc(CCC(=O)NCc2ccc(NC(=O)C(C)C)cc2)cc1. The molecule has 0 aliphatic rings. The third-order valence-electron chi connectivity index (χ3n) is 4.04. The quantitative estimate of drug-likeness (QED) is 0.762. The van der Waals surface area contributed by atoms with Crippen molar-refractivity contribution >= 4 is 17.5 Å². The summed E-state index contributed by atoms with van der Waals surface area (Å²) in [5.41, 5.74) is 2.86. The molecule has 2 rings (SSSR count). The Morgan fingerprint density at radius 3 is 2.15 bits per heavy atom. The van der Waals surface area contributed by atoms with Crippen LogP contribution in [0.3, 0.4) is 0 Å². The van der Waals surface area contributed by atoms with Crippen LogP contribution >= 0.6 is 0 Å². The van der Waals surface area contributed by atoms with E-state index in [4.69, 9.17) is 4.74 Å². The summed E-state index contributed by atoms with van der Waals surface area (Å²) < 4.78 is 5.12. The van der Waals surface area contributed by atoms with Crippen molar-refractivity contribution in [3.8, 4) is 5.75 Å². The molecule has 2 aromatic carbocycles. The summed E-state index contributed by atoms with van der Waals surface area (Å²) in [4.78, 5) is 23.7. The second kappa shape index (κ2) is 9.61. The van der Waals surface area contributed by atoms with Crippen LogP contribution in [-0.2, 0) is 22.6 Å². The van der Waals surface area contributed by atoms with Gasteiger partial charge in [-0.3, -0.25) is 9.59 Å². The molecule has 0 heterocycles. The first-order chi connectivity index (χ1) is 12.5. The Morgan fingerprint density at radius 2 is 1.58 bits per heavy atom. The molecule has 0 saturated carbocycles. The molecule has 5 nitrogen and oxygen atoms in total. The number of carbonyl (C=O) groups excluding carboxylic acids is 2. The molecule has 5 heteroatoms. The van der Waals surface area contributed by atoms with Gasteiger partial charge in [0.2, 0.25) is 11.8 Å². The third kappa shape index (κ3) is 6.24. The van der Waals surface area contributed by atoms with Crippen LogP contribution in [0.5, 0.6) is 5.75 Å². The Balaban J connectivity index is 1.75. The number of amides is 2. The van der Waals surface area contributed by atoms with Crippen molar-refractivity contribution in [3.05, 3.63) is 59.7 Å². The van der Waals surface area contributed by atoms with Gasteiger partial charge in [-0.1, -0.05) is 38.1 Å².